The van der Waals surface area contributed by atoms with Gasteiger partial charge < -0.3 is 9.69 Å². The zero-order chi connectivity index (χ0) is 12.4. The van der Waals surface area contributed by atoms with Crippen molar-refractivity contribution < 1.29 is 4.79 Å². The van der Waals surface area contributed by atoms with Gasteiger partial charge in [-0.2, -0.15) is 0 Å². The summed E-state index contributed by atoms with van der Waals surface area (Å²) in [5.41, 5.74) is 1.85. The minimum atomic E-state index is 0.508. The lowest BCUT2D eigenvalue weighted by Crippen LogP contribution is -2.60. The molecule has 3 rings (SSSR count). The first-order chi connectivity index (χ1) is 8.81. The van der Waals surface area contributed by atoms with Gasteiger partial charge in [-0.25, -0.2) is 0 Å². The fraction of sp³-hybridized carbons (Fsp3) is 0.533. The number of piperidine rings is 1. The molecule has 3 heteroatoms. The number of hydrogen-bond acceptors (Lipinski definition) is 3. The number of carbonyl (C=O) groups is 1. The molecular weight excluding hydrogens is 224 g/mol. The first kappa shape index (κ1) is 11.7. The van der Waals surface area contributed by atoms with Crippen LogP contribution >= 0.6 is 0 Å². The van der Waals surface area contributed by atoms with Crippen molar-refractivity contribution in [3.63, 3.8) is 0 Å². The second-order valence-electron chi connectivity index (χ2n) is 5.66. The molecule has 3 nitrogen and oxygen atoms in total. The molecule has 0 radical (unpaired) electrons. The van der Waals surface area contributed by atoms with Gasteiger partial charge in [-0.05, 0) is 30.4 Å². The Balaban J connectivity index is 1.55. The summed E-state index contributed by atoms with van der Waals surface area (Å²) >= 11 is 0. The molecule has 0 saturated carbocycles. The summed E-state index contributed by atoms with van der Waals surface area (Å²) < 4.78 is 0. The Morgan fingerprint density at radius 3 is 2.39 bits per heavy atom. The molecule has 0 bridgehead atoms. The molecule has 0 aliphatic carbocycles. The van der Waals surface area contributed by atoms with Crippen LogP contribution in [0.15, 0.2) is 30.3 Å². The van der Waals surface area contributed by atoms with Crippen molar-refractivity contribution in [2.45, 2.75) is 12.8 Å². The van der Waals surface area contributed by atoms with Crippen LogP contribution in [0.3, 0.4) is 0 Å². The summed E-state index contributed by atoms with van der Waals surface area (Å²) in [5, 5.41) is 0. The standard InChI is InChI=1S/C15H20N2O/c18-11-10-16-12-15(13-16)6-8-17(9-7-15)14-4-2-1-3-5-14/h1-5,11H,6-10,12-13H2. The van der Waals surface area contributed by atoms with Gasteiger partial charge in [-0.1, -0.05) is 18.2 Å². The van der Waals surface area contributed by atoms with Crippen LogP contribution in [-0.4, -0.2) is 43.9 Å². The van der Waals surface area contributed by atoms with E-state index < -0.39 is 0 Å². The lowest BCUT2D eigenvalue weighted by molar-refractivity contribution is -0.112. The quantitative estimate of drug-likeness (QED) is 0.757. The second kappa shape index (κ2) is 4.73. The van der Waals surface area contributed by atoms with Crippen LogP contribution in [0, 0.1) is 5.41 Å². The lowest BCUT2D eigenvalue weighted by atomic mass is 9.72. The normalized spacial score (nSPS) is 22.8. The van der Waals surface area contributed by atoms with Gasteiger partial charge in [0, 0.05) is 31.9 Å². The molecule has 0 unspecified atom stereocenters. The van der Waals surface area contributed by atoms with E-state index in [0.29, 0.717) is 12.0 Å². The molecule has 2 aliphatic heterocycles. The van der Waals surface area contributed by atoms with Crippen molar-refractivity contribution in [3.8, 4) is 0 Å². The maximum atomic E-state index is 10.5. The Morgan fingerprint density at radius 1 is 1.11 bits per heavy atom. The minimum absolute atomic E-state index is 0.508. The number of nitrogens with zero attached hydrogens (tertiary/aromatic N) is 2. The first-order valence-electron chi connectivity index (χ1n) is 6.77. The van der Waals surface area contributed by atoms with E-state index in [0.717, 1.165) is 32.5 Å². The van der Waals surface area contributed by atoms with E-state index in [4.69, 9.17) is 0 Å². The molecule has 2 saturated heterocycles. The van der Waals surface area contributed by atoms with E-state index in [1.54, 1.807) is 0 Å². The number of anilines is 1. The second-order valence-corrected chi connectivity index (χ2v) is 5.66. The van der Waals surface area contributed by atoms with Gasteiger partial charge in [0.2, 0.25) is 0 Å². The Kier molecular flexibility index (Phi) is 3.08. The molecule has 0 atom stereocenters. The molecule has 1 aromatic rings. The van der Waals surface area contributed by atoms with Crippen LogP contribution < -0.4 is 4.90 Å². The molecule has 96 valence electrons. The Hall–Kier alpha value is -1.35. The number of hydrogen-bond donors (Lipinski definition) is 0. The number of aldehydes is 1. The van der Waals surface area contributed by atoms with Crippen LogP contribution in [0.5, 0.6) is 0 Å². The predicted molar refractivity (Wildman–Crippen MR) is 72.8 cm³/mol. The van der Waals surface area contributed by atoms with Crippen molar-refractivity contribution in [1.82, 2.24) is 4.90 Å². The molecule has 2 heterocycles. The molecule has 2 fully saturated rings. The van der Waals surface area contributed by atoms with Gasteiger partial charge in [0.1, 0.15) is 6.29 Å². The highest BCUT2D eigenvalue weighted by molar-refractivity contribution is 5.52. The van der Waals surface area contributed by atoms with E-state index in [1.807, 2.05) is 0 Å². The number of para-hydroxylation sites is 1. The highest BCUT2D eigenvalue weighted by Gasteiger charge is 2.44. The number of likely N-dealkylation sites (tertiary alicyclic amines) is 1. The van der Waals surface area contributed by atoms with E-state index >= 15 is 0 Å². The van der Waals surface area contributed by atoms with Gasteiger partial charge >= 0.3 is 0 Å². The molecule has 0 amide bonds. The maximum absolute atomic E-state index is 10.5. The summed E-state index contributed by atoms with van der Waals surface area (Å²) in [7, 11) is 0. The topological polar surface area (TPSA) is 23.6 Å². The average molecular weight is 244 g/mol. The smallest absolute Gasteiger partial charge is 0.133 e. The molecule has 0 aromatic heterocycles. The maximum Gasteiger partial charge on any atom is 0.133 e. The molecule has 1 spiro atoms. The van der Waals surface area contributed by atoms with Crippen LogP contribution in [-0.2, 0) is 4.79 Å². The zero-order valence-electron chi connectivity index (χ0n) is 10.7. The summed E-state index contributed by atoms with van der Waals surface area (Å²) in [6.45, 7) is 5.16. The van der Waals surface area contributed by atoms with Gasteiger partial charge in [-0.15, -0.1) is 0 Å². The summed E-state index contributed by atoms with van der Waals surface area (Å²) in [6.07, 6.45) is 3.54. The number of carbonyl (C=O) groups excluding carboxylic acids is 1. The van der Waals surface area contributed by atoms with Gasteiger partial charge in [0.15, 0.2) is 0 Å². The Morgan fingerprint density at radius 2 is 1.78 bits per heavy atom. The highest BCUT2D eigenvalue weighted by Crippen LogP contribution is 2.40. The molecule has 0 N–H and O–H groups in total. The van der Waals surface area contributed by atoms with Crippen LogP contribution in [0.1, 0.15) is 12.8 Å². The average Bonchev–Trinajstić information content (AvgIpc) is 2.39. The lowest BCUT2D eigenvalue weighted by Gasteiger charge is -2.54. The van der Waals surface area contributed by atoms with E-state index in [2.05, 4.69) is 40.1 Å². The third-order valence-electron chi connectivity index (χ3n) is 4.40. The van der Waals surface area contributed by atoms with E-state index in [9.17, 15) is 4.79 Å². The van der Waals surface area contributed by atoms with Gasteiger partial charge in [0.05, 0.1) is 6.54 Å². The fourth-order valence-corrected chi connectivity index (χ4v) is 3.33. The number of benzene rings is 1. The van der Waals surface area contributed by atoms with Crippen molar-refractivity contribution in [2.75, 3.05) is 37.6 Å². The SMILES string of the molecule is O=CCN1CC2(CCN(c3ccccc3)CC2)C1. The van der Waals surface area contributed by atoms with Gasteiger partial charge in [0.25, 0.3) is 0 Å². The number of rotatable bonds is 3. The van der Waals surface area contributed by atoms with Gasteiger partial charge in [-0.3, -0.25) is 4.90 Å². The van der Waals surface area contributed by atoms with Crippen molar-refractivity contribution in [2.24, 2.45) is 5.41 Å². The zero-order valence-corrected chi connectivity index (χ0v) is 10.7. The van der Waals surface area contributed by atoms with Crippen LogP contribution in [0.25, 0.3) is 0 Å². The predicted octanol–water partition coefficient (Wildman–Crippen LogP) is 1.79. The van der Waals surface area contributed by atoms with Crippen molar-refractivity contribution in [3.05, 3.63) is 30.3 Å². The molecule has 2 aliphatic rings. The minimum Gasteiger partial charge on any atom is -0.371 e. The van der Waals surface area contributed by atoms with E-state index in [-0.39, 0.29) is 0 Å². The van der Waals surface area contributed by atoms with Crippen molar-refractivity contribution >= 4 is 12.0 Å². The molecule has 1 aromatic carbocycles. The third-order valence-corrected chi connectivity index (χ3v) is 4.40. The summed E-state index contributed by atoms with van der Waals surface area (Å²) in [6, 6.07) is 10.7. The fourth-order valence-electron chi connectivity index (χ4n) is 3.33. The van der Waals surface area contributed by atoms with E-state index in [1.165, 1.54) is 18.5 Å². The molecular formula is C15H20N2O. The largest absolute Gasteiger partial charge is 0.371 e. The van der Waals surface area contributed by atoms with Crippen LogP contribution in [0.4, 0.5) is 5.69 Å². The summed E-state index contributed by atoms with van der Waals surface area (Å²) in [4.78, 5) is 15.2. The first-order valence-corrected chi connectivity index (χ1v) is 6.77. The molecule has 18 heavy (non-hydrogen) atoms. The Bertz CT molecular complexity index is 402. The monoisotopic (exact) mass is 244 g/mol. The third kappa shape index (κ3) is 2.15. The summed E-state index contributed by atoms with van der Waals surface area (Å²) in [5.74, 6) is 0. The van der Waals surface area contributed by atoms with Crippen molar-refractivity contribution in [1.29, 1.82) is 0 Å². The van der Waals surface area contributed by atoms with Crippen LogP contribution in [0.2, 0.25) is 0 Å². The Labute approximate surface area is 108 Å². The highest BCUT2D eigenvalue weighted by atomic mass is 16.1.